The summed E-state index contributed by atoms with van der Waals surface area (Å²) >= 11 is 0. The Morgan fingerprint density at radius 3 is 3.10 bits per heavy atom. The summed E-state index contributed by atoms with van der Waals surface area (Å²) in [5.74, 6) is 0.553. The van der Waals surface area contributed by atoms with Crippen LogP contribution in [0.15, 0.2) is 18.3 Å². The maximum absolute atomic E-state index is 12.5. The second-order valence-electron chi connectivity index (χ2n) is 5.50. The molecule has 1 aromatic heterocycles. The quantitative estimate of drug-likeness (QED) is 0.866. The van der Waals surface area contributed by atoms with Crippen LogP contribution in [-0.2, 0) is 4.74 Å². The van der Waals surface area contributed by atoms with E-state index in [2.05, 4.69) is 22.5 Å². The van der Waals surface area contributed by atoms with Crippen LogP contribution >= 0.6 is 0 Å². The molecule has 5 nitrogen and oxygen atoms in total. The summed E-state index contributed by atoms with van der Waals surface area (Å²) in [5.41, 5.74) is 0.306. The Hall–Kier alpha value is -1.62. The summed E-state index contributed by atoms with van der Waals surface area (Å²) in [6.07, 6.45) is 4.60. The predicted molar refractivity (Wildman–Crippen MR) is 78.9 cm³/mol. The smallest absolute Gasteiger partial charge is 0.255 e. The number of pyridine rings is 1. The minimum absolute atomic E-state index is 0.0929. The molecule has 1 aromatic rings. The maximum atomic E-state index is 12.5. The zero-order valence-electron chi connectivity index (χ0n) is 12.2. The van der Waals surface area contributed by atoms with E-state index >= 15 is 0 Å². The van der Waals surface area contributed by atoms with Crippen molar-refractivity contribution in [1.29, 1.82) is 0 Å². The van der Waals surface area contributed by atoms with E-state index in [4.69, 9.17) is 4.74 Å². The van der Waals surface area contributed by atoms with E-state index in [-0.39, 0.29) is 11.4 Å². The van der Waals surface area contributed by atoms with Crippen LogP contribution in [0, 0.1) is 0 Å². The van der Waals surface area contributed by atoms with Gasteiger partial charge >= 0.3 is 0 Å². The molecular weight excluding hydrogens is 254 g/mol. The topological polar surface area (TPSA) is 63.2 Å². The average Bonchev–Trinajstić information content (AvgIpc) is 2.45. The van der Waals surface area contributed by atoms with E-state index in [1.165, 1.54) is 0 Å². The van der Waals surface area contributed by atoms with Crippen LogP contribution in [0.5, 0.6) is 0 Å². The van der Waals surface area contributed by atoms with Crippen molar-refractivity contribution >= 4 is 11.7 Å². The number of carbonyl (C=O) groups is 1. The molecule has 5 heteroatoms. The molecule has 0 radical (unpaired) electrons. The van der Waals surface area contributed by atoms with Gasteiger partial charge in [0, 0.05) is 19.3 Å². The van der Waals surface area contributed by atoms with Crippen molar-refractivity contribution in [2.24, 2.45) is 0 Å². The number of nitrogens with one attached hydrogen (secondary N) is 2. The van der Waals surface area contributed by atoms with Crippen LogP contribution in [0.4, 0.5) is 5.82 Å². The van der Waals surface area contributed by atoms with Crippen molar-refractivity contribution in [3.8, 4) is 0 Å². The summed E-state index contributed by atoms with van der Waals surface area (Å²) < 4.78 is 5.47. The van der Waals surface area contributed by atoms with Crippen LogP contribution in [0.3, 0.4) is 0 Å². The number of ether oxygens (including phenoxy) is 1. The third-order valence-electron chi connectivity index (χ3n) is 3.45. The van der Waals surface area contributed by atoms with Gasteiger partial charge in [0.05, 0.1) is 17.7 Å². The summed E-state index contributed by atoms with van der Waals surface area (Å²) in [7, 11) is 0. The van der Waals surface area contributed by atoms with Gasteiger partial charge in [0.25, 0.3) is 5.91 Å². The Kier molecular flexibility index (Phi) is 4.95. The third kappa shape index (κ3) is 3.70. The summed E-state index contributed by atoms with van der Waals surface area (Å²) in [4.78, 5) is 16.7. The molecule has 20 heavy (non-hydrogen) atoms. The Bertz CT molecular complexity index is 456. The fourth-order valence-electron chi connectivity index (χ4n) is 2.35. The highest BCUT2D eigenvalue weighted by Gasteiger charge is 2.30. The Morgan fingerprint density at radius 2 is 2.40 bits per heavy atom. The van der Waals surface area contributed by atoms with E-state index in [0.29, 0.717) is 18.0 Å². The van der Waals surface area contributed by atoms with Crippen LogP contribution < -0.4 is 10.6 Å². The van der Waals surface area contributed by atoms with Gasteiger partial charge in [0.15, 0.2) is 0 Å². The first-order valence-electron chi connectivity index (χ1n) is 7.24. The van der Waals surface area contributed by atoms with Crippen molar-refractivity contribution in [2.45, 2.75) is 38.6 Å². The van der Waals surface area contributed by atoms with Crippen molar-refractivity contribution in [2.75, 3.05) is 25.1 Å². The number of hydrogen-bond acceptors (Lipinski definition) is 4. The standard InChI is InChI=1S/C15H23N3O2/c1-3-8-16-13-12(6-4-9-17-13)14(19)18-15(2)7-5-10-20-11-15/h4,6,9H,3,5,7-8,10-11H2,1-2H3,(H,16,17)(H,18,19). The SMILES string of the molecule is CCCNc1ncccc1C(=O)NC1(C)CCCOC1. The van der Waals surface area contributed by atoms with Gasteiger partial charge in [-0.25, -0.2) is 4.98 Å². The molecule has 1 aliphatic heterocycles. The van der Waals surface area contributed by atoms with Gasteiger partial charge in [-0.2, -0.15) is 0 Å². The van der Waals surface area contributed by atoms with E-state index in [0.717, 1.165) is 32.4 Å². The lowest BCUT2D eigenvalue weighted by atomic mass is 9.94. The predicted octanol–water partition coefficient (Wildman–Crippen LogP) is 2.20. The molecule has 0 aliphatic carbocycles. The molecule has 2 rings (SSSR count). The largest absolute Gasteiger partial charge is 0.379 e. The molecular formula is C15H23N3O2. The molecule has 2 N–H and O–H groups in total. The molecule has 2 heterocycles. The second-order valence-corrected chi connectivity index (χ2v) is 5.50. The van der Waals surface area contributed by atoms with Crippen LogP contribution in [0.2, 0.25) is 0 Å². The molecule has 1 atom stereocenters. The lowest BCUT2D eigenvalue weighted by Crippen LogP contribution is -2.51. The molecule has 1 saturated heterocycles. The Balaban J connectivity index is 2.08. The minimum Gasteiger partial charge on any atom is -0.379 e. The lowest BCUT2D eigenvalue weighted by molar-refractivity contribution is 0.0273. The number of amides is 1. The number of anilines is 1. The molecule has 0 bridgehead atoms. The highest BCUT2D eigenvalue weighted by atomic mass is 16.5. The molecule has 0 saturated carbocycles. The van der Waals surface area contributed by atoms with Crippen molar-refractivity contribution in [3.05, 3.63) is 23.9 Å². The number of nitrogens with zero attached hydrogens (tertiary/aromatic N) is 1. The fraction of sp³-hybridized carbons (Fsp3) is 0.600. The average molecular weight is 277 g/mol. The van der Waals surface area contributed by atoms with Crippen molar-refractivity contribution in [1.82, 2.24) is 10.3 Å². The van der Waals surface area contributed by atoms with Crippen molar-refractivity contribution in [3.63, 3.8) is 0 Å². The first-order valence-corrected chi connectivity index (χ1v) is 7.24. The van der Waals surface area contributed by atoms with E-state index in [9.17, 15) is 4.79 Å². The van der Waals surface area contributed by atoms with Crippen LogP contribution in [0.25, 0.3) is 0 Å². The number of hydrogen-bond donors (Lipinski definition) is 2. The molecule has 0 aromatic carbocycles. The van der Waals surface area contributed by atoms with Gasteiger partial charge < -0.3 is 15.4 Å². The zero-order valence-corrected chi connectivity index (χ0v) is 12.2. The summed E-state index contributed by atoms with van der Waals surface area (Å²) in [5, 5.41) is 6.27. The molecule has 1 amide bonds. The monoisotopic (exact) mass is 277 g/mol. The normalized spacial score (nSPS) is 22.3. The molecule has 1 unspecified atom stereocenters. The van der Waals surface area contributed by atoms with E-state index in [1.807, 2.05) is 6.92 Å². The molecule has 110 valence electrons. The van der Waals surface area contributed by atoms with Crippen molar-refractivity contribution < 1.29 is 9.53 Å². The first kappa shape index (κ1) is 14.8. The fourth-order valence-corrected chi connectivity index (χ4v) is 2.35. The highest BCUT2D eigenvalue weighted by molar-refractivity contribution is 5.99. The lowest BCUT2D eigenvalue weighted by Gasteiger charge is -2.34. The zero-order chi connectivity index (χ0) is 14.4. The first-order chi connectivity index (χ1) is 9.64. The Labute approximate surface area is 120 Å². The second kappa shape index (κ2) is 6.70. The van der Waals surface area contributed by atoms with Gasteiger partial charge in [0.1, 0.15) is 5.82 Å². The highest BCUT2D eigenvalue weighted by Crippen LogP contribution is 2.20. The van der Waals surface area contributed by atoms with Gasteiger partial charge in [0.2, 0.25) is 0 Å². The third-order valence-corrected chi connectivity index (χ3v) is 3.45. The van der Waals surface area contributed by atoms with Crippen LogP contribution in [0.1, 0.15) is 43.5 Å². The number of carbonyl (C=O) groups excluding carboxylic acids is 1. The van der Waals surface area contributed by atoms with Crippen LogP contribution in [-0.4, -0.2) is 36.2 Å². The maximum Gasteiger partial charge on any atom is 0.255 e. The van der Waals surface area contributed by atoms with Gasteiger partial charge in [-0.05, 0) is 38.3 Å². The van der Waals surface area contributed by atoms with Gasteiger partial charge in [-0.1, -0.05) is 6.92 Å². The molecule has 1 fully saturated rings. The number of rotatable bonds is 5. The van der Waals surface area contributed by atoms with Gasteiger partial charge in [-0.3, -0.25) is 4.79 Å². The summed E-state index contributed by atoms with van der Waals surface area (Å²) in [6.45, 7) is 6.26. The molecule has 1 aliphatic rings. The van der Waals surface area contributed by atoms with E-state index in [1.54, 1.807) is 18.3 Å². The Morgan fingerprint density at radius 1 is 1.55 bits per heavy atom. The van der Waals surface area contributed by atoms with E-state index < -0.39 is 0 Å². The molecule has 0 spiro atoms. The van der Waals surface area contributed by atoms with Gasteiger partial charge in [-0.15, -0.1) is 0 Å². The summed E-state index contributed by atoms with van der Waals surface area (Å²) in [6, 6.07) is 3.58. The number of aromatic nitrogens is 1. The minimum atomic E-state index is -0.285.